The second kappa shape index (κ2) is 7.09. The van der Waals surface area contributed by atoms with Crippen LogP contribution in [0.3, 0.4) is 0 Å². The molecule has 1 aromatic heterocycles. The zero-order chi connectivity index (χ0) is 14.4. The Kier molecular flexibility index (Phi) is 5.76. The summed E-state index contributed by atoms with van der Waals surface area (Å²) in [6.07, 6.45) is 1.02. The number of pyridine rings is 1. The highest BCUT2D eigenvalue weighted by atomic mass is 16.5. The molecule has 0 saturated carbocycles. The number of hydrogen-bond donors (Lipinski definition) is 1. The van der Waals surface area contributed by atoms with Crippen LogP contribution in [0.25, 0.3) is 0 Å². The zero-order valence-electron chi connectivity index (χ0n) is 12.1. The van der Waals surface area contributed by atoms with E-state index < -0.39 is 0 Å². The van der Waals surface area contributed by atoms with Crippen LogP contribution in [-0.4, -0.2) is 42.5 Å². The van der Waals surface area contributed by atoms with Gasteiger partial charge in [-0.05, 0) is 26.0 Å². The van der Waals surface area contributed by atoms with Crippen molar-refractivity contribution in [2.75, 3.05) is 20.7 Å². The molecule has 0 fully saturated rings. The Morgan fingerprint density at radius 3 is 2.74 bits per heavy atom. The molecule has 1 atom stereocenters. The molecule has 1 rings (SSSR count). The summed E-state index contributed by atoms with van der Waals surface area (Å²) in [7, 11) is 3.47. The molecule has 2 N–H and O–H groups in total. The minimum Gasteiger partial charge on any atom is -0.491 e. The van der Waals surface area contributed by atoms with Crippen molar-refractivity contribution in [3.8, 4) is 5.75 Å². The van der Waals surface area contributed by atoms with Crippen molar-refractivity contribution in [1.29, 1.82) is 0 Å². The van der Waals surface area contributed by atoms with Crippen molar-refractivity contribution in [2.24, 2.45) is 5.73 Å². The molecule has 0 radical (unpaired) electrons. The van der Waals surface area contributed by atoms with Gasteiger partial charge in [-0.3, -0.25) is 9.78 Å². The standard InChI is InChI=1S/C14H23N3O2/c1-10(15)9-12-13(6-5-11(2)16-12)19-8-7-14(18)17(3)4/h5-6,10H,7-9,15H2,1-4H3. The molecule has 1 heterocycles. The van der Waals surface area contributed by atoms with Gasteiger partial charge in [-0.1, -0.05) is 0 Å². The number of carbonyl (C=O) groups excluding carboxylic acids is 1. The summed E-state index contributed by atoms with van der Waals surface area (Å²) in [5.41, 5.74) is 7.60. The first-order valence-corrected chi connectivity index (χ1v) is 6.45. The molecular formula is C14H23N3O2. The van der Waals surface area contributed by atoms with Gasteiger partial charge in [0.15, 0.2) is 0 Å². The molecule has 0 saturated heterocycles. The largest absolute Gasteiger partial charge is 0.491 e. The van der Waals surface area contributed by atoms with E-state index in [-0.39, 0.29) is 11.9 Å². The summed E-state index contributed by atoms with van der Waals surface area (Å²) >= 11 is 0. The van der Waals surface area contributed by atoms with Crippen molar-refractivity contribution in [1.82, 2.24) is 9.88 Å². The summed E-state index contributed by atoms with van der Waals surface area (Å²) in [4.78, 5) is 17.5. The van der Waals surface area contributed by atoms with Crippen LogP contribution in [0.1, 0.15) is 24.7 Å². The van der Waals surface area contributed by atoms with Crippen LogP contribution >= 0.6 is 0 Å². The van der Waals surface area contributed by atoms with Crippen molar-refractivity contribution in [3.05, 3.63) is 23.5 Å². The van der Waals surface area contributed by atoms with Crippen molar-refractivity contribution in [3.63, 3.8) is 0 Å². The Morgan fingerprint density at radius 1 is 1.47 bits per heavy atom. The highest BCUT2D eigenvalue weighted by molar-refractivity contribution is 5.75. The van der Waals surface area contributed by atoms with Gasteiger partial charge in [0.2, 0.25) is 5.91 Å². The average Bonchev–Trinajstić information content (AvgIpc) is 2.30. The molecule has 0 bridgehead atoms. The van der Waals surface area contributed by atoms with E-state index in [2.05, 4.69) is 4.98 Å². The molecule has 19 heavy (non-hydrogen) atoms. The highest BCUT2D eigenvalue weighted by Crippen LogP contribution is 2.18. The first-order chi connectivity index (χ1) is 8.90. The maximum absolute atomic E-state index is 11.5. The quantitative estimate of drug-likeness (QED) is 0.837. The minimum atomic E-state index is 0.0278. The van der Waals surface area contributed by atoms with Crippen LogP contribution in [0.2, 0.25) is 0 Å². The van der Waals surface area contributed by atoms with Gasteiger partial charge in [0, 0.05) is 32.3 Å². The second-order valence-corrected chi connectivity index (χ2v) is 4.97. The fraction of sp³-hybridized carbons (Fsp3) is 0.571. The van der Waals surface area contributed by atoms with E-state index in [0.29, 0.717) is 19.4 Å². The van der Waals surface area contributed by atoms with Gasteiger partial charge in [-0.2, -0.15) is 0 Å². The molecule has 0 aliphatic heterocycles. The van der Waals surface area contributed by atoms with Crippen LogP contribution in [-0.2, 0) is 11.2 Å². The summed E-state index contributed by atoms with van der Waals surface area (Å²) in [5.74, 6) is 0.767. The molecule has 0 aliphatic rings. The lowest BCUT2D eigenvalue weighted by atomic mass is 10.1. The maximum Gasteiger partial charge on any atom is 0.225 e. The molecule has 5 heteroatoms. The third-order valence-electron chi connectivity index (χ3n) is 2.66. The van der Waals surface area contributed by atoms with Gasteiger partial charge >= 0.3 is 0 Å². The van der Waals surface area contributed by atoms with Crippen molar-refractivity contribution >= 4 is 5.91 Å². The monoisotopic (exact) mass is 265 g/mol. The van der Waals surface area contributed by atoms with Gasteiger partial charge in [-0.25, -0.2) is 0 Å². The fourth-order valence-electron chi connectivity index (χ4n) is 1.65. The molecule has 1 amide bonds. The molecule has 0 spiro atoms. The Labute approximate surface area is 114 Å². The first kappa shape index (κ1) is 15.4. The first-order valence-electron chi connectivity index (χ1n) is 6.45. The Hall–Kier alpha value is -1.62. The summed E-state index contributed by atoms with van der Waals surface area (Å²) in [5, 5.41) is 0. The van der Waals surface area contributed by atoms with Crippen LogP contribution in [0, 0.1) is 6.92 Å². The number of ether oxygens (including phenoxy) is 1. The SMILES string of the molecule is Cc1ccc(OCCC(=O)N(C)C)c(CC(C)N)n1. The topological polar surface area (TPSA) is 68.5 Å². The molecule has 0 aromatic carbocycles. The average molecular weight is 265 g/mol. The van der Waals surface area contributed by atoms with Crippen molar-refractivity contribution < 1.29 is 9.53 Å². The predicted molar refractivity (Wildman–Crippen MR) is 75.1 cm³/mol. The second-order valence-electron chi connectivity index (χ2n) is 4.97. The molecular weight excluding hydrogens is 242 g/mol. The van der Waals surface area contributed by atoms with E-state index in [0.717, 1.165) is 17.1 Å². The maximum atomic E-state index is 11.5. The Morgan fingerprint density at radius 2 is 2.16 bits per heavy atom. The van der Waals surface area contributed by atoms with E-state index in [1.165, 1.54) is 0 Å². The predicted octanol–water partition coefficient (Wildman–Crippen LogP) is 1.14. The number of hydrogen-bond acceptors (Lipinski definition) is 4. The van der Waals surface area contributed by atoms with E-state index in [1.807, 2.05) is 26.0 Å². The van der Waals surface area contributed by atoms with E-state index in [4.69, 9.17) is 10.5 Å². The zero-order valence-corrected chi connectivity index (χ0v) is 12.1. The summed E-state index contributed by atoms with van der Waals surface area (Å²) < 4.78 is 5.65. The van der Waals surface area contributed by atoms with Crippen LogP contribution in [0.5, 0.6) is 5.75 Å². The molecule has 106 valence electrons. The number of nitrogens with zero attached hydrogens (tertiary/aromatic N) is 2. The minimum absolute atomic E-state index is 0.0278. The van der Waals surface area contributed by atoms with Gasteiger partial charge < -0.3 is 15.4 Å². The lowest BCUT2D eigenvalue weighted by molar-refractivity contribution is -0.129. The number of aromatic nitrogens is 1. The van der Waals surface area contributed by atoms with Crippen LogP contribution in [0.15, 0.2) is 12.1 Å². The van der Waals surface area contributed by atoms with Crippen LogP contribution in [0.4, 0.5) is 0 Å². The smallest absolute Gasteiger partial charge is 0.225 e. The lowest BCUT2D eigenvalue weighted by Gasteiger charge is -2.14. The Balaban J connectivity index is 2.64. The summed E-state index contributed by atoms with van der Waals surface area (Å²) in [6.45, 7) is 4.22. The highest BCUT2D eigenvalue weighted by Gasteiger charge is 2.10. The van der Waals surface area contributed by atoms with Crippen molar-refractivity contribution in [2.45, 2.75) is 32.7 Å². The molecule has 1 unspecified atom stereocenters. The van der Waals surface area contributed by atoms with E-state index >= 15 is 0 Å². The van der Waals surface area contributed by atoms with Gasteiger partial charge in [-0.15, -0.1) is 0 Å². The van der Waals surface area contributed by atoms with Gasteiger partial charge in [0.25, 0.3) is 0 Å². The van der Waals surface area contributed by atoms with Gasteiger partial charge in [0.05, 0.1) is 18.7 Å². The molecule has 1 aromatic rings. The fourth-order valence-corrected chi connectivity index (χ4v) is 1.65. The molecule has 0 aliphatic carbocycles. The number of carbonyl (C=O) groups is 1. The van der Waals surface area contributed by atoms with Gasteiger partial charge in [0.1, 0.15) is 5.75 Å². The van der Waals surface area contributed by atoms with Crippen LogP contribution < -0.4 is 10.5 Å². The van der Waals surface area contributed by atoms with E-state index in [1.54, 1.807) is 19.0 Å². The molecule has 5 nitrogen and oxygen atoms in total. The normalized spacial score (nSPS) is 12.1. The number of amides is 1. The third-order valence-corrected chi connectivity index (χ3v) is 2.66. The number of aryl methyl sites for hydroxylation is 1. The Bertz CT molecular complexity index is 431. The number of rotatable bonds is 6. The summed E-state index contributed by atoms with van der Waals surface area (Å²) in [6, 6.07) is 3.81. The van der Waals surface area contributed by atoms with E-state index in [9.17, 15) is 4.79 Å². The third kappa shape index (κ3) is 5.26. The number of nitrogens with two attached hydrogens (primary N) is 1. The lowest BCUT2D eigenvalue weighted by Crippen LogP contribution is -2.24.